The number of anilines is 3. The van der Waals surface area contributed by atoms with Crippen molar-refractivity contribution in [3.05, 3.63) is 243 Å². The molecule has 2 heterocycles. The molecule has 0 spiro atoms. The first-order valence-electron chi connectivity index (χ1n) is 21.5. The first kappa shape index (κ1) is 36.5. The van der Waals surface area contributed by atoms with Gasteiger partial charge in [0.1, 0.15) is 11.2 Å². The van der Waals surface area contributed by atoms with Gasteiger partial charge in [-0.1, -0.05) is 182 Å². The SMILES string of the molecule is c1ccc(-c2ccc(-c3ccccc3N(c3ccc(-c4ccccc4-n4c5ccccc5c5ccccc54)cc3)c3cccc(-c4cccc5oc6ccccc6c45)c3)cc2)cc1. The molecule has 2 aromatic heterocycles. The second-order valence-electron chi connectivity index (χ2n) is 16.1. The quantitative estimate of drug-likeness (QED) is 0.153. The van der Waals surface area contributed by atoms with Crippen molar-refractivity contribution >= 4 is 60.8 Å². The van der Waals surface area contributed by atoms with Gasteiger partial charge in [-0.2, -0.15) is 0 Å². The average molecular weight is 805 g/mol. The maximum atomic E-state index is 6.34. The van der Waals surface area contributed by atoms with Crippen LogP contribution in [0.15, 0.2) is 247 Å². The largest absolute Gasteiger partial charge is 0.456 e. The zero-order chi connectivity index (χ0) is 41.7. The van der Waals surface area contributed by atoms with Crippen LogP contribution < -0.4 is 4.90 Å². The highest BCUT2D eigenvalue weighted by molar-refractivity contribution is 6.13. The lowest BCUT2D eigenvalue weighted by molar-refractivity contribution is 0.669. The van der Waals surface area contributed by atoms with Gasteiger partial charge < -0.3 is 13.9 Å². The van der Waals surface area contributed by atoms with Gasteiger partial charge in [0.05, 0.1) is 22.4 Å². The van der Waals surface area contributed by atoms with E-state index in [1.54, 1.807) is 0 Å². The molecule has 3 heteroatoms. The lowest BCUT2D eigenvalue weighted by Crippen LogP contribution is -2.11. The van der Waals surface area contributed by atoms with Crippen LogP contribution in [0.25, 0.3) is 93.9 Å². The predicted molar refractivity (Wildman–Crippen MR) is 264 cm³/mol. The van der Waals surface area contributed by atoms with E-state index < -0.39 is 0 Å². The fourth-order valence-electron chi connectivity index (χ4n) is 9.53. The summed E-state index contributed by atoms with van der Waals surface area (Å²) in [7, 11) is 0. The molecule has 0 amide bonds. The number of benzene rings is 10. The molecule has 0 aliphatic heterocycles. The standard InChI is InChI=1S/C60H40N2O/c1-2-16-41(17-3-1)42-32-34-43(35-33-42)48-20-4-9-26-54(48)61(47-19-14-18-45(40-47)50-25-15-31-59-60(50)53-24-8-13-30-58(53)63-59)46-38-36-44(37-39-46)49-21-5-10-27-55(49)62-56-28-11-6-22-51(56)52-23-7-12-29-57(52)62/h1-40H. The summed E-state index contributed by atoms with van der Waals surface area (Å²) in [6, 6.07) is 87.1. The van der Waals surface area contributed by atoms with Gasteiger partial charge in [-0.05, 0) is 94.0 Å². The number of hydrogen-bond acceptors (Lipinski definition) is 2. The van der Waals surface area contributed by atoms with E-state index >= 15 is 0 Å². The molecule has 296 valence electrons. The summed E-state index contributed by atoms with van der Waals surface area (Å²) >= 11 is 0. The number of furan rings is 1. The molecule has 0 fully saturated rings. The molecule has 0 aliphatic carbocycles. The van der Waals surface area contributed by atoms with Crippen LogP contribution >= 0.6 is 0 Å². The number of para-hydroxylation sites is 5. The Kier molecular flexibility index (Phi) is 8.83. The van der Waals surface area contributed by atoms with Crippen molar-refractivity contribution in [1.29, 1.82) is 0 Å². The molecule has 12 rings (SSSR count). The fraction of sp³-hybridized carbons (Fsp3) is 0. The lowest BCUT2D eigenvalue weighted by Gasteiger charge is -2.28. The van der Waals surface area contributed by atoms with Crippen molar-refractivity contribution in [2.45, 2.75) is 0 Å². The Morgan fingerprint density at radius 2 is 0.841 bits per heavy atom. The van der Waals surface area contributed by atoms with Gasteiger partial charge in [0.25, 0.3) is 0 Å². The van der Waals surface area contributed by atoms with Crippen LogP contribution in [0, 0.1) is 0 Å². The molecule has 3 nitrogen and oxygen atoms in total. The van der Waals surface area contributed by atoms with Crippen LogP contribution in [0.5, 0.6) is 0 Å². The molecule has 10 aromatic carbocycles. The van der Waals surface area contributed by atoms with E-state index in [1.807, 2.05) is 12.1 Å². The minimum absolute atomic E-state index is 0.886. The van der Waals surface area contributed by atoms with E-state index in [0.29, 0.717) is 0 Å². The van der Waals surface area contributed by atoms with Crippen molar-refractivity contribution in [1.82, 2.24) is 4.57 Å². The Balaban J connectivity index is 1.01. The second-order valence-corrected chi connectivity index (χ2v) is 16.1. The maximum absolute atomic E-state index is 6.34. The number of fused-ring (bicyclic) bond motifs is 6. The number of nitrogens with zero attached hydrogens (tertiary/aromatic N) is 2. The molecule has 0 saturated heterocycles. The van der Waals surface area contributed by atoms with Gasteiger partial charge in [-0.3, -0.25) is 0 Å². The molecule has 0 aliphatic rings. The van der Waals surface area contributed by atoms with Gasteiger partial charge in [0, 0.05) is 44.0 Å². The Morgan fingerprint density at radius 3 is 1.62 bits per heavy atom. The van der Waals surface area contributed by atoms with Crippen LogP contribution in [-0.4, -0.2) is 4.57 Å². The Labute approximate surface area is 366 Å². The van der Waals surface area contributed by atoms with E-state index in [1.165, 1.54) is 38.5 Å². The summed E-state index contributed by atoms with van der Waals surface area (Å²) in [6.45, 7) is 0. The molecule has 63 heavy (non-hydrogen) atoms. The molecular weight excluding hydrogens is 765 g/mol. The topological polar surface area (TPSA) is 21.3 Å². The van der Waals surface area contributed by atoms with Crippen LogP contribution in [0.1, 0.15) is 0 Å². The first-order valence-corrected chi connectivity index (χ1v) is 21.5. The van der Waals surface area contributed by atoms with Crippen molar-refractivity contribution in [2.75, 3.05) is 4.90 Å². The molecule has 0 radical (unpaired) electrons. The minimum Gasteiger partial charge on any atom is -0.456 e. The Morgan fingerprint density at radius 1 is 0.317 bits per heavy atom. The molecular formula is C60H40N2O. The molecule has 12 aromatic rings. The van der Waals surface area contributed by atoms with Crippen LogP contribution in [0.2, 0.25) is 0 Å². The van der Waals surface area contributed by atoms with Crippen LogP contribution in [0.4, 0.5) is 17.1 Å². The molecule has 0 N–H and O–H groups in total. The van der Waals surface area contributed by atoms with Crippen molar-refractivity contribution in [3.63, 3.8) is 0 Å². The van der Waals surface area contributed by atoms with Gasteiger partial charge in [-0.15, -0.1) is 0 Å². The third-order valence-corrected chi connectivity index (χ3v) is 12.4. The summed E-state index contributed by atoms with van der Waals surface area (Å²) in [4.78, 5) is 2.40. The van der Waals surface area contributed by atoms with E-state index in [4.69, 9.17) is 4.42 Å². The maximum Gasteiger partial charge on any atom is 0.136 e. The highest BCUT2D eigenvalue weighted by Crippen LogP contribution is 2.45. The zero-order valence-corrected chi connectivity index (χ0v) is 34.4. The van der Waals surface area contributed by atoms with Gasteiger partial charge in [0.15, 0.2) is 0 Å². The average Bonchev–Trinajstić information content (AvgIpc) is 3.91. The van der Waals surface area contributed by atoms with E-state index in [9.17, 15) is 0 Å². The summed E-state index contributed by atoms with van der Waals surface area (Å²) in [6.07, 6.45) is 0. The predicted octanol–water partition coefficient (Wildman–Crippen LogP) is 16.8. The highest BCUT2D eigenvalue weighted by atomic mass is 16.3. The molecule has 0 unspecified atom stereocenters. The monoisotopic (exact) mass is 804 g/mol. The van der Waals surface area contributed by atoms with E-state index in [-0.39, 0.29) is 0 Å². The van der Waals surface area contributed by atoms with Crippen LogP contribution in [0.3, 0.4) is 0 Å². The molecule has 0 atom stereocenters. The van der Waals surface area contributed by atoms with E-state index in [0.717, 1.165) is 72.5 Å². The molecule has 0 bridgehead atoms. The lowest BCUT2D eigenvalue weighted by atomic mass is 9.97. The number of rotatable bonds is 8. The summed E-state index contributed by atoms with van der Waals surface area (Å²) < 4.78 is 8.75. The summed E-state index contributed by atoms with van der Waals surface area (Å²) in [5.41, 5.74) is 17.8. The summed E-state index contributed by atoms with van der Waals surface area (Å²) in [5.74, 6) is 0. The third kappa shape index (κ3) is 6.29. The number of aromatic nitrogens is 1. The normalized spacial score (nSPS) is 11.5. The number of hydrogen-bond donors (Lipinski definition) is 0. The van der Waals surface area contributed by atoms with Gasteiger partial charge in [0.2, 0.25) is 0 Å². The van der Waals surface area contributed by atoms with Crippen LogP contribution in [-0.2, 0) is 0 Å². The van der Waals surface area contributed by atoms with E-state index in [2.05, 4.69) is 240 Å². The van der Waals surface area contributed by atoms with Gasteiger partial charge in [-0.25, -0.2) is 0 Å². The second kappa shape index (κ2) is 15.3. The molecule has 0 saturated carbocycles. The highest BCUT2D eigenvalue weighted by Gasteiger charge is 2.21. The van der Waals surface area contributed by atoms with Crippen molar-refractivity contribution < 1.29 is 4.42 Å². The third-order valence-electron chi connectivity index (χ3n) is 12.4. The zero-order valence-electron chi connectivity index (χ0n) is 34.4. The Bertz CT molecular complexity index is 3560. The van der Waals surface area contributed by atoms with Crippen molar-refractivity contribution in [3.8, 4) is 50.2 Å². The minimum atomic E-state index is 0.886. The smallest absolute Gasteiger partial charge is 0.136 e. The first-order chi connectivity index (χ1) is 31.3. The Hall–Kier alpha value is -8.40. The van der Waals surface area contributed by atoms with Gasteiger partial charge >= 0.3 is 0 Å². The summed E-state index contributed by atoms with van der Waals surface area (Å²) in [5, 5.41) is 4.75. The fourth-order valence-corrected chi connectivity index (χ4v) is 9.53. The van der Waals surface area contributed by atoms with Crippen molar-refractivity contribution in [2.24, 2.45) is 0 Å².